The standard InChI is InChI=1S/C27H30N6O2/c1-17-4-5-18-12-24(30-23(18)10-17)25-13-28-14-26(32-25)31-22-7-6-19(11-20(22)16-35-3)27(34)29-21-8-9-33(2)15-21/h4-7,10-14,21,30H,8-9,15-16H2,1-3H3,(H,29,34)(H,31,32). The van der Waals surface area contributed by atoms with Crippen molar-refractivity contribution in [2.75, 3.05) is 32.6 Å². The molecule has 35 heavy (non-hydrogen) atoms. The van der Waals surface area contributed by atoms with Crippen LogP contribution in [0.25, 0.3) is 22.3 Å². The van der Waals surface area contributed by atoms with E-state index in [1.165, 1.54) is 5.56 Å². The molecule has 0 saturated carbocycles. The number of carbonyl (C=O) groups excluding carboxylic acids is 1. The van der Waals surface area contributed by atoms with E-state index < -0.39 is 0 Å². The number of fused-ring (bicyclic) bond motifs is 1. The minimum Gasteiger partial charge on any atom is -0.380 e. The van der Waals surface area contributed by atoms with Crippen molar-refractivity contribution in [3.05, 3.63) is 71.5 Å². The third-order valence-electron chi connectivity index (χ3n) is 6.35. The molecule has 0 radical (unpaired) electrons. The van der Waals surface area contributed by atoms with E-state index in [9.17, 15) is 4.79 Å². The quantitative estimate of drug-likeness (QED) is 0.374. The summed E-state index contributed by atoms with van der Waals surface area (Å²) >= 11 is 0. The second-order valence-electron chi connectivity index (χ2n) is 9.21. The number of methoxy groups -OCH3 is 1. The van der Waals surface area contributed by atoms with Crippen molar-refractivity contribution in [3.8, 4) is 11.4 Å². The maximum Gasteiger partial charge on any atom is 0.251 e. The topological polar surface area (TPSA) is 95.2 Å². The smallest absolute Gasteiger partial charge is 0.251 e. The number of carbonyl (C=O) groups is 1. The zero-order valence-electron chi connectivity index (χ0n) is 20.3. The van der Waals surface area contributed by atoms with E-state index in [2.05, 4.69) is 63.7 Å². The number of H-pyrrole nitrogens is 1. The molecule has 1 fully saturated rings. The van der Waals surface area contributed by atoms with Crippen molar-refractivity contribution in [1.82, 2.24) is 25.2 Å². The van der Waals surface area contributed by atoms with Gasteiger partial charge in [-0.25, -0.2) is 4.98 Å². The summed E-state index contributed by atoms with van der Waals surface area (Å²) in [5.41, 5.74) is 6.23. The van der Waals surface area contributed by atoms with Crippen LogP contribution in [0.15, 0.2) is 54.9 Å². The van der Waals surface area contributed by atoms with Crippen molar-refractivity contribution in [2.45, 2.75) is 26.0 Å². The maximum atomic E-state index is 12.8. The average molecular weight is 471 g/mol. The number of aromatic amines is 1. The van der Waals surface area contributed by atoms with Gasteiger partial charge in [0.2, 0.25) is 0 Å². The first-order chi connectivity index (χ1) is 17.0. The van der Waals surface area contributed by atoms with Crippen molar-refractivity contribution in [2.24, 2.45) is 0 Å². The number of benzene rings is 2. The van der Waals surface area contributed by atoms with Crippen LogP contribution < -0.4 is 10.6 Å². The molecule has 5 rings (SSSR count). The maximum absolute atomic E-state index is 12.8. The van der Waals surface area contributed by atoms with Crippen molar-refractivity contribution in [3.63, 3.8) is 0 Å². The fourth-order valence-corrected chi connectivity index (χ4v) is 4.53. The summed E-state index contributed by atoms with van der Waals surface area (Å²) in [5.74, 6) is 0.547. The fourth-order valence-electron chi connectivity index (χ4n) is 4.53. The van der Waals surface area contributed by atoms with Gasteiger partial charge in [0, 0.05) is 47.4 Å². The second-order valence-corrected chi connectivity index (χ2v) is 9.21. The molecular formula is C27H30N6O2. The molecule has 1 atom stereocenters. The number of likely N-dealkylation sites (tertiary alicyclic amines) is 1. The highest BCUT2D eigenvalue weighted by atomic mass is 16.5. The number of nitrogens with zero attached hydrogens (tertiary/aromatic N) is 3. The Kier molecular flexibility index (Phi) is 6.48. The molecule has 2 aromatic heterocycles. The molecule has 1 aliphatic heterocycles. The number of nitrogens with one attached hydrogen (secondary N) is 3. The van der Waals surface area contributed by atoms with Crippen LogP contribution in [0.4, 0.5) is 11.5 Å². The first kappa shape index (κ1) is 23.0. The minimum absolute atomic E-state index is 0.0648. The summed E-state index contributed by atoms with van der Waals surface area (Å²) in [4.78, 5) is 27.6. The third kappa shape index (κ3) is 5.18. The lowest BCUT2D eigenvalue weighted by atomic mass is 10.1. The Hall–Kier alpha value is -3.75. The second kappa shape index (κ2) is 9.85. The fraction of sp³-hybridized carbons (Fsp3) is 0.296. The number of aryl methyl sites for hydroxylation is 1. The van der Waals surface area contributed by atoms with Gasteiger partial charge in [0.15, 0.2) is 0 Å². The van der Waals surface area contributed by atoms with Gasteiger partial charge in [-0.15, -0.1) is 0 Å². The Morgan fingerprint density at radius 3 is 2.89 bits per heavy atom. The van der Waals surface area contributed by atoms with Gasteiger partial charge in [-0.3, -0.25) is 9.78 Å². The number of hydrogen-bond acceptors (Lipinski definition) is 6. The van der Waals surface area contributed by atoms with Gasteiger partial charge in [-0.2, -0.15) is 0 Å². The molecule has 3 N–H and O–H groups in total. The Labute approximate surface area is 204 Å². The first-order valence-electron chi connectivity index (χ1n) is 11.8. The molecule has 3 heterocycles. The van der Waals surface area contributed by atoms with Gasteiger partial charge in [-0.05, 0) is 62.8 Å². The zero-order valence-corrected chi connectivity index (χ0v) is 20.3. The molecule has 1 amide bonds. The summed E-state index contributed by atoms with van der Waals surface area (Å²) in [6.07, 6.45) is 4.40. The number of amides is 1. The monoisotopic (exact) mass is 470 g/mol. The van der Waals surface area contributed by atoms with Gasteiger partial charge >= 0.3 is 0 Å². The molecule has 8 heteroatoms. The average Bonchev–Trinajstić information content (AvgIpc) is 3.46. The molecule has 1 unspecified atom stereocenters. The van der Waals surface area contributed by atoms with E-state index in [0.717, 1.165) is 53.1 Å². The van der Waals surface area contributed by atoms with Gasteiger partial charge < -0.3 is 25.3 Å². The van der Waals surface area contributed by atoms with Crippen LogP contribution in [0.3, 0.4) is 0 Å². The van der Waals surface area contributed by atoms with Crippen molar-refractivity contribution in [1.29, 1.82) is 0 Å². The molecule has 0 spiro atoms. The molecule has 4 aromatic rings. The van der Waals surface area contributed by atoms with Crippen LogP contribution in [-0.2, 0) is 11.3 Å². The normalized spacial score (nSPS) is 16.0. The minimum atomic E-state index is -0.0648. The van der Waals surface area contributed by atoms with Crippen LogP contribution in [-0.4, -0.2) is 59.0 Å². The highest BCUT2D eigenvalue weighted by Gasteiger charge is 2.22. The predicted octanol–water partition coefficient (Wildman–Crippen LogP) is 4.26. The van der Waals surface area contributed by atoms with Crippen LogP contribution in [0, 0.1) is 6.92 Å². The lowest BCUT2D eigenvalue weighted by Gasteiger charge is -2.15. The Balaban J connectivity index is 1.36. The number of rotatable bonds is 7. The highest BCUT2D eigenvalue weighted by Crippen LogP contribution is 2.26. The number of likely N-dealkylation sites (N-methyl/N-ethyl adjacent to an activating group) is 1. The van der Waals surface area contributed by atoms with Crippen LogP contribution in [0.2, 0.25) is 0 Å². The summed E-state index contributed by atoms with van der Waals surface area (Å²) in [5, 5.41) is 7.62. The lowest BCUT2D eigenvalue weighted by molar-refractivity contribution is 0.0938. The summed E-state index contributed by atoms with van der Waals surface area (Å²) in [7, 11) is 3.71. The lowest BCUT2D eigenvalue weighted by Crippen LogP contribution is -2.36. The van der Waals surface area contributed by atoms with Crippen LogP contribution in [0.1, 0.15) is 27.9 Å². The summed E-state index contributed by atoms with van der Waals surface area (Å²) in [6.45, 7) is 4.32. The summed E-state index contributed by atoms with van der Waals surface area (Å²) < 4.78 is 5.41. The van der Waals surface area contributed by atoms with E-state index in [1.54, 1.807) is 19.5 Å². The Bertz CT molecular complexity index is 1370. The van der Waals surface area contributed by atoms with E-state index in [4.69, 9.17) is 9.72 Å². The van der Waals surface area contributed by atoms with Crippen LogP contribution in [0.5, 0.6) is 0 Å². The Morgan fingerprint density at radius 2 is 2.09 bits per heavy atom. The molecule has 1 aliphatic rings. The van der Waals surface area contributed by atoms with E-state index in [1.807, 2.05) is 18.2 Å². The van der Waals surface area contributed by atoms with Gasteiger partial charge in [0.1, 0.15) is 11.5 Å². The number of anilines is 2. The molecule has 0 aliphatic carbocycles. The van der Waals surface area contributed by atoms with Crippen molar-refractivity contribution >= 4 is 28.3 Å². The number of ether oxygens (including phenoxy) is 1. The Morgan fingerprint density at radius 1 is 1.20 bits per heavy atom. The first-order valence-corrected chi connectivity index (χ1v) is 11.8. The highest BCUT2D eigenvalue weighted by molar-refractivity contribution is 5.95. The third-order valence-corrected chi connectivity index (χ3v) is 6.35. The predicted molar refractivity (Wildman–Crippen MR) is 138 cm³/mol. The van der Waals surface area contributed by atoms with Gasteiger partial charge in [-0.1, -0.05) is 12.1 Å². The molecule has 2 aromatic carbocycles. The molecule has 1 saturated heterocycles. The van der Waals surface area contributed by atoms with E-state index in [0.29, 0.717) is 18.0 Å². The van der Waals surface area contributed by atoms with Crippen molar-refractivity contribution < 1.29 is 9.53 Å². The van der Waals surface area contributed by atoms with Gasteiger partial charge in [0.25, 0.3) is 5.91 Å². The zero-order chi connectivity index (χ0) is 24.4. The molecule has 0 bridgehead atoms. The largest absolute Gasteiger partial charge is 0.380 e. The summed E-state index contributed by atoms with van der Waals surface area (Å²) in [6, 6.07) is 14.2. The molecule has 180 valence electrons. The van der Waals surface area contributed by atoms with Gasteiger partial charge in [0.05, 0.1) is 24.7 Å². The number of hydrogen-bond donors (Lipinski definition) is 3. The molecule has 8 nitrogen and oxygen atoms in total. The molecular weight excluding hydrogens is 440 g/mol. The number of aromatic nitrogens is 3. The van der Waals surface area contributed by atoms with E-state index in [-0.39, 0.29) is 11.9 Å². The van der Waals surface area contributed by atoms with E-state index >= 15 is 0 Å². The SMILES string of the molecule is COCc1cc(C(=O)NC2CCN(C)C2)ccc1Nc1cncc(-c2cc3ccc(C)cc3[nH]2)n1. The van der Waals surface area contributed by atoms with Crippen LogP contribution >= 0.6 is 0 Å².